The lowest BCUT2D eigenvalue weighted by Gasteiger charge is -2.39. The molecule has 0 radical (unpaired) electrons. The Morgan fingerprint density at radius 3 is 2.33 bits per heavy atom. The quantitative estimate of drug-likeness (QED) is 0.371. The van der Waals surface area contributed by atoms with Crippen LogP contribution in [-0.4, -0.2) is 24.7 Å². The minimum absolute atomic E-state index is 0. The lowest BCUT2D eigenvalue weighted by Crippen LogP contribution is -2.49. The van der Waals surface area contributed by atoms with Crippen LogP contribution in [0.1, 0.15) is 40.2 Å². The Balaban J connectivity index is 0.00000181. The van der Waals surface area contributed by atoms with Gasteiger partial charge in [0.15, 0.2) is 5.13 Å². The number of para-hydroxylation sites is 1. The molecule has 4 N–H and O–H groups in total. The van der Waals surface area contributed by atoms with Crippen molar-refractivity contribution < 1.29 is 4.74 Å². The van der Waals surface area contributed by atoms with Crippen molar-refractivity contribution in [1.82, 2.24) is 10.3 Å². The molecule has 2 heterocycles. The van der Waals surface area contributed by atoms with Crippen molar-refractivity contribution in [3.63, 3.8) is 0 Å². The highest BCUT2D eigenvalue weighted by atomic mass is 35.5. The molecule has 1 aliphatic heterocycles. The molecule has 4 rings (SSSR count). The number of hydrogen-bond donors (Lipinski definition) is 3. The second kappa shape index (κ2) is 13.4. The number of aryl methyl sites for hydroxylation is 2. The number of aromatic nitrogens is 1. The predicted octanol–water partition coefficient (Wildman–Crippen LogP) is 5.87. The van der Waals surface area contributed by atoms with E-state index in [2.05, 4.69) is 60.9 Å². The third-order valence-corrected chi connectivity index (χ3v) is 7.02. The molecule has 3 aromatic rings. The number of benzene rings is 2. The summed E-state index contributed by atoms with van der Waals surface area (Å²) in [5.74, 6) is 1.19. The van der Waals surface area contributed by atoms with Gasteiger partial charge in [-0.3, -0.25) is 0 Å². The molecule has 1 fully saturated rings. The number of hydrogen-bond acceptors (Lipinski definition) is 6. The van der Waals surface area contributed by atoms with Crippen LogP contribution in [0.4, 0.5) is 5.13 Å². The van der Waals surface area contributed by atoms with Gasteiger partial charge < -0.3 is 21.1 Å². The molecule has 4 unspecified atom stereocenters. The molecular formula is C24H33Cl3N4OS. The van der Waals surface area contributed by atoms with Crippen LogP contribution in [0.15, 0.2) is 54.6 Å². The number of halogens is 3. The van der Waals surface area contributed by atoms with Gasteiger partial charge in [-0.1, -0.05) is 48.5 Å². The number of nitrogens with zero attached hydrogens (tertiary/aromatic N) is 1. The van der Waals surface area contributed by atoms with Gasteiger partial charge in [-0.05, 0) is 37.8 Å². The van der Waals surface area contributed by atoms with Crippen molar-refractivity contribution in [2.24, 2.45) is 11.7 Å². The summed E-state index contributed by atoms with van der Waals surface area (Å²) in [5.41, 5.74) is 10.1. The standard InChI is InChI=1S/C24H30N4OS.3ClH/c1-15-16(2)30-24(27-15)28-22(19-11-7-8-12-21(19)29-3)18-13-20(25)23(26-14-18)17-9-5-4-6-10-17;;;/h4-12,18,20,22-23,26H,13-14,25H2,1-3H3,(H,27,28);3*1H. The number of rotatable bonds is 6. The van der Waals surface area contributed by atoms with Crippen LogP contribution >= 0.6 is 48.6 Å². The van der Waals surface area contributed by atoms with Crippen LogP contribution in [-0.2, 0) is 0 Å². The number of nitrogens with two attached hydrogens (primary N) is 1. The molecule has 0 spiro atoms. The monoisotopic (exact) mass is 530 g/mol. The molecule has 1 aliphatic rings. The number of piperidine rings is 1. The highest BCUT2D eigenvalue weighted by Gasteiger charge is 2.35. The maximum absolute atomic E-state index is 6.67. The van der Waals surface area contributed by atoms with Crippen molar-refractivity contribution in [3.05, 3.63) is 76.3 Å². The molecule has 182 valence electrons. The van der Waals surface area contributed by atoms with E-state index in [1.165, 1.54) is 10.4 Å². The summed E-state index contributed by atoms with van der Waals surface area (Å²) >= 11 is 1.70. The van der Waals surface area contributed by atoms with Crippen LogP contribution in [0.25, 0.3) is 0 Å². The first-order valence-electron chi connectivity index (χ1n) is 10.4. The van der Waals surface area contributed by atoms with Crippen molar-refractivity contribution >= 4 is 53.7 Å². The van der Waals surface area contributed by atoms with Crippen LogP contribution in [0, 0.1) is 19.8 Å². The van der Waals surface area contributed by atoms with Gasteiger partial charge in [0.05, 0.1) is 18.8 Å². The number of nitrogens with one attached hydrogen (secondary N) is 2. The summed E-state index contributed by atoms with van der Waals surface area (Å²) < 4.78 is 5.69. The Labute approximate surface area is 219 Å². The van der Waals surface area contributed by atoms with Gasteiger partial charge in [0.2, 0.25) is 0 Å². The Hall–Kier alpha value is -1.54. The van der Waals surface area contributed by atoms with Gasteiger partial charge in [-0.2, -0.15) is 0 Å². The molecule has 33 heavy (non-hydrogen) atoms. The van der Waals surface area contributed by atoms with Crippen LogP contribution in [0.2, 0.25) is 0 Å². The topological polar surface area (TPSA) is 72.2 Å². The average Bonchev–Trinajstić information content (AvgIpc) is 3.09. The fourth-order valence-corrected chi connectivity index (χ4v) is 5.17. The highest BCUT2D eigenvalue weighted by Crippen LogP contribution is 2.39. The number of methoxy groups -OCH3 is 1. The largest absolute Gasteiger partial charge is 0.496 e. The van der Waals surface area contributed by atoms with E-state index in [9.17, 15) is 0 Å². The summed E-state index contributed by atoms with van der Waals surface area (Å²) in [6, 6.07) is 19.0. The molecule has 1 saturated heterocycles. The molecule has 4 atom stereocenters. The van der Waals surface area contributed by atoms with E-state index < -0.39 is 0 Å². The van der Waals surface area contributed by atoms with Gasteiger partial charge in [0.1, 0.15) is 5.75 Å². The summed E-state index contributed by atoms with van der Waals surface area (Å²) in [6.45, 7) is 5.03. The zero-order valence-electron chi connectivity index (χ0n) is 19.0. The lowest BCUT2D eigenvalue weighted by atomic mass is 9.81. The maximum Gasteiger partial charge on any atom is 0.183 e. The van der Waals surface area contributed by atoms with Crippen LogP contribution in [0.5, 0.6) is 5.75 Å². The van der Waals surface area contributed by atoms with Gasteiger partial charge in [-0.15, -0.1) is 48.6 Å². The van der Waals surface area contributed by atoms with Gasteiger partial charge in [0, 0.05) is 29.1 Å². The molecule has 9 heteroatoms. The van der Waals surface area contributed by atoms with E-state index in [1.54, 1.807) is 18.4 Å². The van der Waals surface area contributed by atoms with Crippen LogP contribution < -0.4 is 21.1 Å². The minimum atomic E-state index is 0. The summed E-state index contributed by atoms with van der Waals surface area (Å²) in [6.07, 6.45) is 0.908. The third kappa shape index (κ3) is 6.75. The van der Waals surface area contributed by atoms with E-state index in [0.29, 0.717) is 5.92 Å². The van der Waals surface area contributed by atoms with Crippen molar-refractivity contribution in [3.8, 4) is 5.75 Å². The van der Waals surface area contributed by atoms with E-state index in [1.807, 2.05) is 18.2 Å². The Morgan fingerprint density at radius 1 is 1.06 bits per heavy atom. The first kappa shape index (κ1) is 29.5. The summed E-state index contributed by atoms with van der Waals surface area (Å²) in [4.78, 5) is 5.96. The van der Waals surface area contributed by atoms with E-state index in [-0.39, 0.29) is 55.3 Å². The summed E-state index contributed by atoms with van der Waals surface area (Å²) in [5, 5.41) is 8.36. The van der Waals surface area contributed by atoms with Gasteiger partial charge >= 0.3 is 0 Å². The molecule has 0 bridgehead atoms. The second-order valence-corrected chi connectivity index (χ2v) is 9.18. The molecule has 0 amide bonds. The normalized spacial score (nSPS) is 20.4. The SMILES string of the molecule is COc1ccccc1C(Nc1nc(C)c(C)s1)C1CNC(c2ccccc2)C(N)C1.Cl.Cl.Cl. The number of thiazole rings is 1. The van der Waals surface area contributed by atoms with E-state index >= 15 is 0 Å². The maximum atomic E-state index is 6.67. The fraction of sp³-hybridized carbons (Fsp3) is 0.375. The number of anilines is 1. The third-order valence-electron chi connectivity index (χ3n) is 6.01. The van der Waals surface area contributed by atoms with Crippen molar-refractivity contribution in [1.29, 1.82) is 0 Å². The molecule has 1 aromatic heterocycles. The zero-order chi connectivity index (χ0) is 21.1. The first-order chi connectivity index (χ1) is 14.6. The van der Waals surface area contributed by atoms with Crippen molar-refractivity contribution in [2.75, 3.05) is 19.0 Å². The molecular weight excluding hydrogens is 499 g/mol. The summed E-state index contributed by atoms with van der Waals surface area (Å²) in [7, 11) is 1.73. The van der Waals surface area contributed by atoms with Crippen LogP contribution in [0.3, 0.4) is 0 Å². The minimum Gasteiger partial charge on any atom is -0.496 e. The zero-order valence-corrected chi connectivity index (χ0v) is 22.3. The molecule has 0 aliphatic carbocycles. The van der Waals surface area contributed by atoms with Gasteiger partial charge in [-0.25, -0.2) is 4.98 Å². The molecule has 2 aromatic carbocycles. The Bertz CT molecular complexity index is 969. The van der Waals surface area contributed by atoms with E-state index in [4.69, 9.17) is 15.5 Å². The predicted molar refractivity (Wildman–Crippen MR) is 146 cm³/mol. The fourth-order valence-electron chi connectivity index (χ4n) is 4.32. The highest BCUT2D eigenvalue weighted by molar-refractivity contribution is 7.15. The Morgan fingerprint density at radius 2 is 1.73 bits per heavy atom. The number of ether oxygens (including phenoxy) is 1. The smallest absolute Gasteiger partial charge is 0.183 e. The molecule has 0 saturated carbocycles. The van der Waals surface area contributed by atoms with Gasteiger partial charge in [0.25, 0.3) is 0 Å². The average molecular weight is 532 g/mol. The Kier molecular flexibility index (Phi) is 12.0. The molecule has 5 nitrogen and oxygen atoms in total. The van der Waals surface area contributed by atoms with E-state index in [0.717, 1.165) is 35.1 Å². The first-order valence-corrected chi connectivity index (χ1v) is 11.3. The second-order valence-electron chi connectivity index (χ2n) is 7.98. The lowest BCUT2D eigenvalue weighted by molar-refractivity contribution is 0.252. The van der Waals surface area contributed by atoms with Crippen molar-refractivity contribution in [2.45, 2.75) is 38.4 Å².